The number of halogens is 6. The van der Waals surface area contributed by atoms with E-state index in [0.717, 1.165) is 37.0 Å². The first-order valence-electron chi connectivity index (χ1n) is 8.34. The lowest BCUT2D eigenvalue weighted by atomic mass is 10.1. The van der Waals surface area contributed by atoms with Gasteiger partial charge in [0.15, 0.2) is 15.7 Å². The van der Waals surface area contributed by atoms with Crippen molar-refractivity contribution >= 4 is 21.4 Å². The van der Waals surface area contributed by atoms with E-state index in [2.05, 4.69) is 4.98 Å². The first-order valence-corrected chi connectivity index (χ1v) is 9.99. The maximum absolute atomic E-state index is 14.7. The van der Waals surface area contributed by atoms with E-state index in [-0.39, 0.29) is 5.69 Å². The molecule has 30 heavy (non-hydrogen) atoms. The Hall–Kier alpha value is -2.57. The Balaban J connectivity index is 2.35. The normalized spacial score (nSPS) is 13.9. The van der Waals surface area contributed by atoms with Crippen molar-refractivity contribution in [1.29, 1.82) is 0 Å². The highest BCUT2D eigenvalue weighted by Crippen LogP contribution is 2.30. The van der Waals surface area contributed by atoms with Crippen LogP contribution in [0.4, 0.5) is 32.0 Å². The van der Waals surface area contributed by atoms with E-state index in [1.807, 2.05) is 5.32 Å². The molecule has 166 valence electrons. The summed E-state index contributed by atoms with van der Waals surface area (Å²) in [5, 5.41) is 2.03. The minimum absolute atomic E-state index is 0.355. The van der Waals surface area contributed by atoms with E-state index in [9.17, 15) is 39.6 Å². The average molecular weight is 457 g/mol. The fourth-order valence-electron chi connectivity index (χ4n) is 2.46. The Morgan fingerprint density at radius 3 is 2.40 bits per heavy atom. The third-order valence-electron chi connectivity index (χ3n) is 4.28. The average Bonchev–Trinajstić information content (AvgIpc) is 2.88. The van der Waals surface area contributed by atoms with Gasteiger partial charge in [0.05, 0.1) is 5.75 Å². The van der Waals surface area contributed by atoms with E-state index >= 15 is 0 Å². The third-order valence-corrected chi connectivity index (χ3v) is 6.17. The Morgan fingerprint density at radius 2 is 1.87 bits per heavy atom. The van der Waals surface area contributed by atoms with Gasteiger partial charge >= 0.3 is 6.18 Å². The number of aryl methyl sites for hydroxylation is 1. The Kier molecular flexibility index (Phi) is 6.27. The topological polar surface area (TPSA) is 81.1 Å². The molecule has 0 aliphatic rings. The molecule has 0 spiro atoms. The number of pyridine rings is 1. The summed E-state index contributed by atoms with van der Waals surface area (Å²) < 4.78 is 105. The SMILES string of the molecule is C[C@H](CS(=O)(=O)c1cn(C)c(C(=O)Nc2ccnc(C(F)(F)F)c2)c1F)C(C)(F)F. The van der Waals surface area contributed by atoms with Gasteiger partial charge in [-0.25, -0.2) is 21.6 Å². The predicted octanol–water partition coefficient (Wildman–Crippen LogP) is 3.90. The van der Waals surface area contributed by atoms with E-state index in [0.29, 0.717) is 13.0 Å². The molecular weight excluding hydrogens is 440 g/mol. The molecule has 0 aliphatic heterocycles. The zero-order valence-corrected chi connectivity index (χ0v) is 16.7. The number of carbonyl (C=O) groups excluding carboxylic acids is 1. The molecule has 2 rings (SSSR count). The Labute approximate surface area is 167 Å². The maximum atomic E-state index is 14.7. The number of nitrogens with zero attached hydrogens (tertiary/aromatic N) is 2. The van der Waals surface area contributed by atoms with Crippen LogP contribution in [0.5, 0.6) is 0 Å². The molecule has 2 heterocycles. The van der Waals surface area contributed by atoms with Gasteiger partial charge in [-0.1, -0.05) is 6.92 Å². The molecule has 0 radical (unpaired) electrons. The van der Waals surface area contributed by atoms with Crippen molar-refractivity contribution in [2.24, 2.45) is 13.0 Å². The van der Waals surface area contributed by atoms with Crippen LogP contribution in [-0.4, -0.2) is 35.6 Å². The van der Waals surface area contributed by atoms with Crippen molar-refractivity contribution in [2.75, 3.05) is 11.1 Å². The predicted molar refractivity (Wildman–Crippen MR) is 94.4 cm³/mol. The molecule has 1 N–H and O–H groups in total. The lowest BCUT2D eigenvalue weighted by Gasteiger charge is -2.18. The lowest BCUT2D eigenvalue weighted by Crippen LogP contribution is -2.29. The second kappa shape index (κ2) is 7.93. The van der Waals surface area contributed by atoms with Crippen LogP contribution in [0.1, 0.15) is 30.0 Å². The summed E-state index contributed by atoms with van der Waals surface area (Å²) in [5.74, 6) is -8.76. The fourth-order valence-corrected chi connectivity index (χ4v) is 4.28. The van der Waals surface area contributed by atoms with Crippen molar-refractivity contribution in [3.8, 4) is 0 Å². The largest absolute Gasteiger partial charge is 0.433 e. The number of amides is 1. The Bertz CT molecular complexity index is 1060. The summed E-state index contributed by atoms with van der Waals surface area (Å²) in [6.45, 7) is 1.50. The molecule has 0 saturated carbocycles. The van der Waals surface area contributed by atoms with Crippen molar-refractivity contribution < 1.29 is 39.6 Å². The molecule has 0 fully saturated rings. The molecule has 2 aromatic heterocycles. The molecule has 6 nitrogen and oxygen atoms in total. The number of rotatable bonds is 6. The molecule has 0 saturated heterocycles. The van der Waals surface area contributed by atoms with Crippen LogP contribution in [0, 0.1) is 11.7 Å². The minimum atomic E-state index is -4.78. The lowest BCUT2D eigenvalue weighted by molar-refractivity contribution is -0.141. The molecule has 0 aromatic carbocycles. The number of hydrogen-bond donors (Lipinski definition) is 1. The number of nitrogens with one attached hydrogen (secondary N) is 1. The first kappa shape index (κ1) is 23.7. The van der Waals surface area contributed by atoms with Gasteiger partial charge in [-0.15, -0.1) is 0 Å². The zero-order chi connectivity index (χ0) is 23.1. The van der Waals surface area contributed by atoms with Gasteiger partial charge in [0.25, 0.3) is 5.91 Å². The number of sulfone groups is 1. The molecule has 1 amide bonds. The second-order valence-corrected chi connectivity index (χ2v) is 8.79. The summed E-state index contributed by atoms with van der Waals surface area (Å²) in [6.07, 6.45) is -3.26. The van der Waals surface area contributed by atoms with Gasteiger partial charge in [0.2, 0.25) is 5.92 Å². The summed E-state index contributed by atoms with van der Waals surface area (Å²) in [7, 11) is -3.39. The number of carbonyl (C=O) groups is 1. The molecule has 0 bridgehead atoms. The summed E-state index contributed by atoms with van der Waals surface area (Å²) >= 11 is 0. The van der Waals surface area contributed by atoms with Gasteiger partial charge < -0.3 is 9.88 Å². The highest BCUT2D eigenvalue weighted by molar-refractivity contribution is 7.91. The third kappa shape index (κ3) is 5.12. The molecule has 2 aromatic rings. The standard InChI is InChI=1S/C17H17F6N3O3S/c1-9(16(2,19)20)8-30(28,29)11-7-26(3)14(13(11)18)15(27)25-10-4-5-24-12(6-10)17(21,22)23/h4-7,9H,8H2,1-3H3,(H,24,25,27)/t9-/m1/s1. The number of alkyl halides is 5. The Morgan fingerprint density at radius 1 is 1.27 bits per heavy atom. The van der Waals surface area contributed by atoms with Gasteiger partial charge in [0, 0.05) is 31.0 Å². The quantitative estimate of drug-likeness (QED) is 0.668. The van der Waals surface area contributed by atoms with Crippen LogP contribution in [0.15, 0.2) is 29.4 Å². The van der Waals surface area contributed by atoms with Crippen molar-refractivity contribution in [3.63, 3.8) is 0 Å². The zero-order valence-electron chi connectivity index (χ0n) is 15.9. The van der Waals surface area contributed by atoms with Crippen molar-refractivity contribution in [3.05, 3.63) is 41.7 Å². The van der Waals surface area contributed by atoms with Gasteiger partial charge in [0.1, 0.15) is 16.3 Å². The second-order valence-electron chi connectivity index (χ2n) is 6.79. The highest BCUT2D eigenvalue weighted by atomic mass is 32.2. The molecule has 1 atom stereocenters. The molecular formula is C17H17F6N3O3S. The van der Waals surface area contributed by atoms with Crippen molar-refractivity contribution in [1.82, 2.24) is 9.55 Å². The monoisotopic (exact) mass is 457 g/mol. The first-order chi connectivity index (χ1) is 13.5. The van der Waals surface area contributed by atoms with Crippen LogP contribution in [0.25, 0.3) is 0 Å². The van der Waals surface area contributed by atoms with Crippen LogP contribution in [0.3, 0.4) is 0 Å². The van der Waals surface area contributed by atoms with Gasteiger partial charge in [-0.05, 0) is 19.1 Å². The van der Waals surface area contributed by atoms with E-state index < -0.39 is 61.6 Å². The van der Waals surface area contributed by atoms with Gasteiger partial charge in [-0.2, -0.15) is 13.2 Å². The number of anilines is 1. The van der Waals surface area contributed by atoms with E-state index in [1.54, 1.807) is 0 Å². The van der Waals surface area contributed by atoms with Crippen LogP contribution < -0.4 is 5.32 Å². The maximum Gasteiger partial charge on any atom is 0.433 e. The van der Waals surface area contributed by atoms with E-state index in [1.165, 1.54) is 0 Å². The minimum Gasteiger partial charge on any atom is -0.343 e. The highest BCUT2D eigenvalue weighted by Gasteiger charge is 2.37. The van der Waals surface area contributed by atoms with Gasteiger partial charge in [-0.3, -0.25) is 9.78 Å². The summed E-state index contributed by atoms with van der Waals surface area (Å²) in [4.78, 5) is 14.5. The fraction of sp³-hybridized carbons (Fsp3) is 0.412. The molecule has 13 heteroatoms. The van der Waals surface area contributed by atoms with Crippen LogP contribution in [-0.2, 0) is 23.1 Å². The van der Waals surface area contributed by atoms with Crippen molar-refractivity contribution in [2.45, 2.75) is 30.8 Å². The van der Waals surface area contributed by atoms with Crippen LogP contribution in [0.2, 0.25) is 0 Å². The molecule has 0 aliphatic carbocycles. The van der Waals surface area contributed by atoms with Crippen LogP contribution >= 0.6 is 0 Å². The summed E-state index contributed by atoms with van der Waals surface area (Å²) in [5.41, 5.74) is -2.45. The number of hydrogen-bond acceptors (Lipinski definition) is 4. The molecule has 0 unspecified atom stereocenters. The number of aromatic nitrogens is 2. The smallest absolute Gasteiger partial charge is 0.343 e. The summed E-state index contributed by atoms with van der Waals surface area (Å²) in [6, 6.07) is 1.54. The van der Waals surface area contributed by atoms with E-state index in [4.69, 9.17) is 0 Å².